The second kappa shape index (κ2) is 11.9. The summed E-state index contributed by atoms with van der Waals surface area (Å²) in [6.45, 7) is 6.85. The van der Waals surface area contributed by atoms with Crippen LogP contribution in [0, 0.1) is 11.8 Å². The lowest BCUT2D eigenvalue weighted by Crippen LogP contribution is -2.40. The molecule has 0 bridgehead atoms. The van der Waals surface area contributed by atoms with E-state index in [4.69, 9.17) is 9.73 Å². The summed E-state index contributed by atoms with van der Waals surface area (Å²) in [6, 6.07) is 7.58. The minimum absolute atomic E-state index is 0. The maximum atomic E-state index is 11.9. The topological polar surface area (TPSA) is 83.0 Å². The molecule has 0 spiro atoms. The summed E-state index contributed by atoms with van der Waals surface area (Å²) in [5.74, 6) is 0.673. The number of nitrogens with zero attached hydrogens (tertiary/aromatic N) is 2. The lowest BCUT2D eigenvalue weighted by atomic mass is 9.99. The molecule has 0 aromatic heterocycles. The summed E-state index contributed by atoms with van der Waals surface area (Å²) < 4.78 is 4.91. The van der Waals surface area contributed by atoms with Crippen molar-refractivity contribution in [2.75, 3.05) is 40.3 Å². The van der Waals surface area contributed by atoms with Gasteiger partial charge in [-0.1, -0.05) is 19.1 Å². The van der Waals surface area contributed by atoms with Gasteiger partial charge in [0.1, 0.15) is 0 Å². The molecule has 1 amide bonds. The zero-order valence-electron chi connectivity index (χ0n) is 17.0. The van der Waals surface area contributed by atoms with Crippen LogP contribution >= 0.6 is 24.0 Å². The number of amides is 1. The van der Waals surface area contributed by atoms with Gasteiger partial charge in [-0.3, -0.25) is 14.6 Å². The van der Waals surface area contributed by atoms with Crippen molar-refractivity contribution in [1.29, 1.82) is 0 Å². The number of ether oxygens (including phenoxy) is 1. The monoisotopic (exact) mass is 502 g/mol. The summed E-state index contributed by atoms with van der Waals surface area (Å²) in [5.41, 5.74) is 1.72. The Morgan fingerprint density at radius 1 is 1.32 bits per heavy atom. The van der Waals surface area contributed by atoms with Gasteiger partial charge < -0.3 is 20.3 Å². The number of guanidine groups is 1. The first kappa shape index (κ1) is 24.2. The summed E-state index contributed by atoms with van der Waals surface area (Å²) in [6.07, 6.45) is 0.740. The molecule has 2 N–H and O–H groups in total. The van der Waals surface area contributed by atoms with E-state index >= 15 is 0 Å². The number of halogens is 1. The van der Waals surface area contributed by atoms with Gasteiger partial charge in [0.25, 0.3) is 5.91 Å². The molecule has 7 nitrogen and oxygen atoms in total. The maximum Gasteiger partial charge on any atom is 0.310 e. The van der Waals surface area contributed by atoms with E-state index in [0.29, 0.717) is 18.7 Å². The van der Waals surface area contributed by atoms with E-state index in [1.165, 1.54) is 7.11 Å². The number of aliphatic imine (C=N–C) groups is 1. The number of nitrogens with one attached hydrogen (secondary N) is 2. The van der Waals surface area contributed by atoms with Crippen LogP contribution in [0.5, 0.6) is 0 Å². The average Bonchev–Trinajstić information content (AvgIpc) is 3.07. The van der Waals surface area contributed by atoms with Crippen molar-refractivity contribution in [2.24, 2.45) is 16.8 Å². The van der Waals surface area contributed by atoms with E-state index < -0.39 is 0 Å². The number of carbonyl (C=O) groups is 2. The Balaban J connectivity index is 0.00000392. The summed E-state index contributed by atoms with van der Waals surface area (Å²) in [4.78, 5) is 30.5. The van der Waals surface area contributed by atoms with Crippen LogP contribution in [0.25, 0.3) is 0 Å². The van der Waals surface area contributed by atoms with Gasteiger partial charge in [-0.25, -0.2) is 0 Å². The third-order valence-electron chi connectivity index (χ3n) is 4.83. The molecule has 0 radical (unpaired) electrons. The normalized spacial score (nSPS) is 19.0. The third-order valence-corrected chi connectivity index (χ3v) is 4.83. The molecule has 1 aliphatic rings. The highest BCUT2D eigenvalue weighted by atomic mass is 127. The van der Waals surface area contributed by atoms with E-state index in [9.17, 15) is 9.59 Å². The van der Waals surface area contributed by atoms with Gasteiger partial charge in [-0.05, 0) is 37.0 Å². The minimum atomic E-state index is -0.160. The number of methoxy groups -OCH3 is 1. The number of likely N-dealkylation sites (tertiary alicyclic amines) is 1. The number of esters is 1. The molecular formula is C20H31IN4O3. The van der Waals surface area contributed by atoms with Gasteiger partial charge in [0.2, 0.25) is 0 Å². The number of hydrogen-bond donors (Lipinski definition) is 2. The van der Waals surface area contributed by atoms with Crippen molar-refractivity contribution in [1.82, 2.24) is 15.5 Å². The minimum Gasteiger partial charge on any atom is -0.469 e. The molecule has 8 heteroatoms. The lowest BCUT2D eigenvalue weighted by molar-refractivity contribution is -0.145. The molecule has 1 heterocycles. The van der Waals surface area contributed by atoms with Gasteiger partial charge in [0, 0.05) is 38.8 Å². The molecule has 156 valence electrons. The zero-order valence-corrected chi connectivity index (χ0v) is 19.4. The standard InChI is InChI=1S/C20H30N4O3.HI/c1-5-22-20(24-12-14(2)17(13-24)19(26)27-4)23-10-9-15-7-6-8-16(11-15)18(25)21-3;/h6-8,11,14,17H,5,9-10,12-13H2,1-4H3,(H,21,25)(H,22,23);1H. The highest BCUT2D eigenvalue weighted by Gasteiger charge is 2.36. The molecule has 1 fully saturated rings. The summed E-state index contributed by atoms with van der Waals surface area (Å²) in [7, 11) is 3.06. The second-order valence-electron chi connectivity index (χ2n) is 6.78. The molecular weight excluding hydrogens is 471 g/mol. The number of carbonyl (C=O) groups excluding carboxylic acids is 2. The molecule has 1 saturated heterocycles. The first-order valence-electron chi connectivity index (χ1n) is 9.42. The van der Waals surface area contributed by atoms with Crippen LogP contribution < -0.4 is 10.6 Å². The van der Waals surface area contributed by atoms with Crippen LogP contribution in [0.15, 0.2) is 29.3 Å². The predicted molar refractivity (Wildman–Crippen MR) is 121 cm³/mol. The van der Waals surface area contributed by atoms with E-state index in [0.717, 1.165) is 31.0 Å². The molecule has 2 unspecified atom stereocenters. The van der Waals surface area contributed by atoms with Crippen LogP contribution in [-0.4, -0.2) is 63.1 Å². The number of hydrogen-bond acceptors (Lipinski definition) is 4. The van der Waals surface area contributed by atoms with Crippen LogP contribution in [0.1, 0.15) is 29.8 Å². The van der Waals surface area contributed by atoms with Crippen molar-refractivity contribution in [3.8, 4) is 0 Å². The maximum absolute atomic E-state index is 11.9. The molecule has 0 aliphatic carbocycles. The average molecular weight is 502 g/mol. The number of benzene rings is 1. The molecule has 0 saturated carbocycles. The Bertz CT molecular complexity index is 696. The van der Waals surface area contributed by atoms with Gasteiger partial charge in [-0.2, -0.15) is 0 Å². The van der Waals surface area contributed by atoms with E-state index in [1.807, 2.05) is 25.1 Å². The Kier molecular flexibility index (Phi) is 10.3. The van der Waals surface area contributed by atoms with Crippen molar-refractivity contribution < 1.29 is 14.3 Å². The van der Waals surface area contributed by atoms with Crippen molar-refractivity contribution in [3.05, 3.63) is 35.4 Å². The first-order valence-corrected chi connectivity index (χ1v) is 9.42. The van der Waals surface area contributed by atoms with Crippen molar-refractivity contribution >= 4 is 41.8 Å². The van der Waals surface area contributed by atoms with Crippen LogP contribution in [0.4, 0.5) is 0 Å². The zero-order chi connectivity index (χ0) is 19.8. The molecule has 1 aliphatic heterocycles. The second-order valence-corrected chi connectivity index (χ2v) is 6.78. The first-order chi connectivity index (χ1) is 13.0. The Morgan fingerprint density at radius 3 is 2.71 bits per heavy atom. The molecule has 1 aromatic carbocycles. The third kappa shape index (κ3) is 6.35. The van der Waals surface area contributed by atoms with Gasteiger partial charge in [-0.15, -0.1) is 24.0 Å². The summed E-state index contributed by atoms with van der Waals surface area (Å²) in [5, 5.41) is 5.95. The largest absolute Gasteiger partial charge is 0.469 e. The van der Waals surface area contributed by atoms with E-state index in [1.54, 1.807) is 13.1 Å². The smallest absolute Gasteiger partial charge is 0.310 e. The van der Waals surface area contributed by atoms with Gasteiger partial charge >= 0.3 is 5.97 Å². The predicted octanol–water partition coefficient (Wildman–Crippen LogP) is 1.91. The SMILES string of the molecule is CCNC(=NCCc1cccc(C(=O)NC)c1)N1CC(C)C(C(=O)OC)C1.I. The van der Waals surface area contributed by atoms with Crippen LogP contribution in [-0.2, 0) is 16.0 Å². The van der Waals surface area contributed by atoms with Crippen molar-refractivity contribution in [2.45, 2.75) is 20.3 Å². The van der Waals surface area contributed by atoms with Crippen LogP contribution in [0.2, 0.25) is 0 Å². The summed E-state index contributed by atoms with van der Waals surface area (Å²) >= 11 is 0. The highest BCUT2D eigenvalue weighted by molar-refractivity contribution is 14.0. The Hall–Kier alpha value is -1.84. The fraction of sp³-hybridized carbons (Fsp3) is 0.550. The van der Waals surface area contributed by atoms with Gasteiger partial charge in [0.15, 0.2) is 5.96 Å². The Labute approximate surface area is 184 Å². The lowest BCUT2D eigenvalue weighted by Gasteiger charge is -2.21. The Morgan fingerprint density at radius 2 is 2.07 bits per heavy atom. The molecule has 28 heavy (non-hydrogen) atoms. The molecule has 2 atom stereocenters. The molecule has 1 aromatic rings. The number of rotatable bonds is 6. The fourth-order valence-electron chi connectivity index (χ4n) is 3.33. The highest BCUT2D eigenvalue weighted by Crippen LogP contribution is 2.24. The van der Waals surface area contributed by atoms with Crippen LogP contribution in [0.3, 0.4) is 0 Å². The van der Waals surface area contributed by atoms with E-state index in [-0.39, 0.29) is 47.7 Å². The van der Waals surface area contributed by atoms with Gasteiger partial charge in [0.05, 0.1) is 13.0 Å². The van der Waals surface area contributed by atoms with Crippen molar-refractivity contribution in [3.63, 3.8) is 0 Å². The van der Waals surface area contributed by atoms with E-state index in [2.05, 4.69) is 22.5 Å². The fourth-order valence-corrected chi connectivity index (χ4v) is 3.33. The quantitative estimate of drug-likeness (QED) is 0.269. The molecule has 2 rings (SSSR count).